The molecule has 296 valence electrons. The van der Waals surface area contributed by atoms with Crippen molar-refractivity contribution in [2.75, 3.05) is 43.7 Å². The molecule has 0 aromatic carbocycles. The number of nitrogens with zero attached hydrogens (tertiary/aromatic N) is 3. The van der Waals surface area contributed by atoms with Gasteiger partial charge in [-0.3, -0.25) is 19.1 Å². The van der Waals surface area contributed by atoms with Crippen molar-refractivity contribution in [2.24, 2.45) is 28.7 Å². The predicted molar refractivity (Wildman–Crippen MR) is 199 cm³/mol. The number of nitrogens with two attached hydrogens (primary N) is 2. The maximum atomic E-state index is 14.6. The van der Waals surface area contributed by atoms with E-state index in [2.05, 4.69) is 30.5 Å². The van der Waals surface area contributed by atoms with Crippen molar-refractivity contribution in [3.05, 3.63) is 0 Å². The van der Waals surface area contributed by atoms with Gasteiger partial charge in [0, 0.05) is 25.3 Å². The minimum absolute atomic E-state index is 0.00318. The number of rotatable bonds is 22. The fourth-order valence-electron chi connectivity index (χ4n) is 6.57. The number of aliphatic imine (C=N–C) groups is 1. The largest absolute Gasteiger partial charge is 0.465 e. The molecule has 5 unspecified atom stereocenters. The molecule has 0 radical (unpaired) electrons. The lowest BCUT2D eigenvalue weighted by molar-refractivity contribution is -0.146. The Balaban J connectivity index is 1.85. The van der Waals surface area contributed by atoms with E-state index in [1.54, 1.807) is 20.8 Å². The maximum absolute atomic E-state index is 14.6. The van der Waals surface area contributed by atoms with Crippen LogP contribution in [0.4, 0.5) is 23.3 Å². The number of aromatic nitrogens is 2. The molecule has 2 fully saturated rings. The van der Waals surface area contributed by atoms with Gasteiger partial charge >= 0.3 is 19.6 Å². The molecule has 17 nitrogen and oxygen atoms in total. The summed E-state index contributed by atoms with van der Waals surface area (Å²) in [6.07, 6.45) is 3.38. The SMILES string of the molecule is CCOC(=O)[C@H](CC(C)C)NP(=O)(N[C@@H](CC(C)C)C(=O)OCC)OCC(OC)C(O)C1(O)C(C)C1/C=N\c1c(N)nc(N)nc1NC1CCCC1. The average Bonchev–Trinajstić information content (AvgIpc) is 3.34. The van der Waals surface area contributed by atoms with Crippen molar-refractivity contribution < 1.29 is 43.1 Å². The van der Waals surface area contributed by atoms with Crippen LogP contribution in [0, 0.1) is 23.7 Å². The Morgan fingerprint density at radius 3 is 2.04 bits per heavy atom. The van der Waals surface area contributed by atoms with Crippen LogP contribution in [0.2, 0.25) is 0 Å². The van der Waals surface area contributed by atoms with E-state index in [1.807, 2.05) is 27.7 Å². The molecule has 3 rings (SSSR count). The molecule has 2 aliphatic carbocycles. The Morgan fingerprint density at radius 1 is 1.02 bits per heavy atom. The average molecular weight is 757 g/mol. The molecule has 9 N–H and O–H groups in total. The van der Waals surface area contributed by atoms with E-state index < -0.39 is 67.9 Å². The lowest BCUT2D eigenvalue weighted by Crippen LogP contribution is -2.48. The quantitative estimate of drug-likeness (QED) is 0.0509. The second kappa shape index (κ2) is 19.4. The summed E-state index contributed by atoms with van der Waals surface area (Å²) in [4.78, 5) is 38.8. The molecular formula is C34H61N8O9P. The zero-order chi connectivity index (χ0) is 38.8. The summed E-state index contributed by atoms with van der Waals surface area (Å²) in [5.41, 5.74) is 10.6. The Bertz CT molecular complexity index is 1370. The number of nitrogen functional groups attached to an aromatic ring is 2. The van der Waals surface area contributed by atoms with Gasteiger partial charge in [-0.25, -0.2) is 10.2 Å². The highest BCUT2D eigenvalue weighted by Gasteiger charge is 2.66. The number of esters is 2. The van der Waals surface area contributed by atoms with Crippen LogP contribution in [0.3, 0.4) is 0 Å². The first-order valence-electron chi connectivity index (χ1n) is 18.3. The number of hydrogen-bond acceptors (Lipinski definition) is 15. The molecule has 1 heterocycles. The monoisotopic (exact) mass is 756 g/mol. The highest BCUT2D eigenvalue weighted by molar-refractivity contribution is 7.54. The van der Waals surface area contributed by atoms with Crippen molar-refractivity contribution in [1.82, 2.24) is 20.1 Å². The van der Waals surface area contributed by atoms with Gasteiger partial charge in [-0.05, 0) is 57.3 Å². The summed E-state index contributed by atoms with van der Waals surface area (Å²) in [7, 11) is -2.98. The third-order valence-corrected chi connectivity index (χ3v) is 11.3. The third kappa shape index (κ3) is 11.5. The molecular weight excluding hydrogens is 695 g/mol. The van der Waals surface area contributed by atoms with Gasteiger partial charge in [0.1, 0.15) is 35.6 Å². The van der Waals surface area contributed by atoms with Crippen molar-refractivity contribution in [1.29, 1.82) is 0 Å². The van der Waals surface area contributed by atoms with Gasteiger partial charge in [-0.1, -0.05) is 47.5 Å². The molecule has 0 bridgehead atoms. The minimum atomic E-state index is -4.29. The normalized spacial score (nSPS) is 23.2. The molecule has 52 heavy (non-hydrogen) atoms. The standard InChI is InChI=1S/C34H61N8O9P/c1-9-49-31(44)24(15-19(3)4)41-52(47,42-25(16-20(5)6)32(45)50-10-2)51-18-26(48-8)28(43)34(46)21(7)23(34)17-37-27-29(35)39-33(36)40-30(27)38-22-13-11-12-14-22/h17,19-26,28,43,46H,9-16,18H2,1-8H3,(H2,41,42,47)(H5,35,36,38,39,40)/b37-17-/t21?,23?,24-,25-,26?,28?,34?/m0/s1. The highest BCUT2D eigenvalue weighted by Crippen LogP contribution is 2.53. The number of aliphatic hydroxyl groups excluding tert-OH is 1. The zero-order valence-electron chi connectivity index (χ0n) is 31.8. The number of anilines is 3. The van der Waals surface area contributed by atoms with E-state index in [0.717, 1.165) is 25.7 Å². The second-order valence-corrected chi connectivity index (χ2v) is 16.3. The molecule has 1 aromatic rings. The van der Waals surface area contributed by atoms with Gasteiger partial charge in [0.25, 0.3) is 0 Å². The van der Waals surface area contributed by atoms with Crippen LogP contribution in [0.5, 0.6) is 0 Å². The van der Waals surface area contributed by atoms with E-state index >= 15 is 0 Å². The van der Waals surface area contributed by atoms with E-state index in [1.165, 1.54) is 13.3 Å². The molecule has 1 aromatic heterocycles. The van der Waals surface area contributed by atoms with E-state index in [0.29, 0.717) is 5.82 Å². The number of carbonyl (C=O) groups excluding carboxylic acids is 2. The van der Waals surface area contributed by atoms with E-state index in [9.17, 15) is 24.4 Å². The molecule has 0 aliphatic heterocycles. The fraction of sp³-hybridized carbons (Fsp3) is 0.794. The molecule has 7 atom stereocenters. The van der Waals surface area contributed by atoms with Crippen LogP contribution in [0.1, 0.15) is 87.0 Å². The van der Waals surface area contributed by atoms with E-state index in [-0.39, 0.29) is 61.4 Å². The van der Waals surface area contributed by atoms with Gasteiger partial charge in [-0.15, -0.1) is 0 Å². The maximum Gasteiger partial charge on any atom is 0.342 e. The molecule has 0 saturated heterocycles. The van der Waals surface area contributed by atoms with Crippen molar-refractivity contribution in [2.45, 2.75) is 123 Å². The summed E-state index contributed by atoms with van der Waals surface area (Å²) in [5, 5.41) is 32.2. The first kappa shape index (κ1) is 43.5. The van der Waals surface area contributed by atoms with Crippen molar-refractivity contribution in [3.8, 4) is 0 Å². The van der Waals surface area contributed by atoms with Gasteiger partial charge in [0.15, 0.2) is 11.6 Å². The van der Waals surface area contributed by atoms with Gasteiger partial charge in [-0.2, -0.15) is 9.97 Å². The lowest BCUT2D eigenvalue weighted by atomic mass is 10.0. The number of nitrogens with one attached hydrogen (secondary N) is 3. The van der Waals surface area contributed by atoms with Crippen LogP contribution >= 0.6 is 7.67 Å². The summed E-state index contributed by atoms with van der Waals surface area (Å²) >= 11 is 0. The van der Waals surface area contributed by atoms with Crippen LogP contribution in [0.25, 0.3) is 0 Å². The Morgan fingerprint density at radius 2 is 1.56 bits per heavy atom. The van der Waals surface area contributed by atoms with Crippen molar-refractivity contribution in [3.63, 3.8) is 0 Å². The van der Waals surface area contributed by atoms with E-state index in [4.69, 9.17) is 30.2 Å². The first-order valence-corrected chi connectivity index (χ1v) is 19.9. The minimum Gasteiger partial charge on any atom is -0.465 e. The van der Waals surface area contributed by atoms with Crippen LogP contribution in [-0.4, -0.2) is 101 Å². The molecule has 0 spiro atoms. The Hall–Kier alpha value is -2.92. The Labute approximate surface area is 307 Å². The highest BCUT2D eigenvalue weighted by atomic mass is 31.2. The number of aliphatic hydroxyl groups is 2. The number of carbonyl (C=O) groups is 2. The lowest BCUT2D eigenvalue weighted by Gasteiger charge is -2.32. The fourth-order valence-corrected chi connectivity index (χ4v) is 8.40. The van der Waals surface area contributed by atoms with Crippen molar-refractivity contribution >= 4 is 49.1 Å². The Kier molecular flexibility index (Phi) is 16.2. The van der Waals surface area contributed by atoms with Gasteiger partial charge in [0.2, 0.25) is 5.95 Å². The number of methoxy groups -OCH3 is 1. The summed E-state index contributed by atoms with van der Waals surface area (Å²) in [6.45, 7) is 12.3. The molecule has 18 heteroatoms. The van der Waals surface area contributed by atoms with Gasteiger partial charge < -0.3 is 45.7 Å². The summed E-state index contributed by atoms with van der Waals surface area (Å²) in [5.74, 6) is -1.95. The summed E-state index contributed by atoms with van der Waals surface area (Å²) < 4.78 is 36.6. The topological polar surface area (TPSA) is 255 Å². The summed E-state index contributed by atoms with van der Waals surface area (Å²) in [6, 6.07) is -1.92. The zero-order valence-corrected chi connectivity index (χ0v) is 32.7. The third-order valence-electron chi connectivity index (χ3n) is 9.44. The number of ether oxygens (including phenoxy) is 3. The second-order valence-electron chi connectivity index (χ2n) is 14.5. The molecule has 0 amide bonds. The smallest absolute Gasteiger partial charge is 0.342 e. The molecule has 2 saturated carbocycles. The van der Waals surface area contributed by atoms with Crippen LogP contribution in [0.15, 0.2) is 4.99 Å². The molecule has 2 aliphatic rings. The van der Waals surface area contributed by atoms with Crippen LogP contribution in [-0.2, 0) is 32.9 Å². The predicted octanol–water partition coefficient (Wildman–Crippen LogP) is 3.33. The first-order chi connectivity index (χ1) is 24.5. The number of hydrogen-bond donors (Lipinski definition) is 7. The van der Waals surface area contributed by atoms with Crippen LogP contribution < -0.4 is 27.0 Å². The van der Waals surface area contributed by atoms with Gasteiger partial charge in [0.05, 0.1) is 19.8 Å².